The van der Waals surface area contributed by atoms with Crippen LogP contribution in [-0.2, 0) is 19.6 Å². The second kappa shape index (κ2) is 12.9. The number of rotatable bonds is 8. The zero-order valence-electron chi connectivity index (χ0n) is 19.1. The molecule has 0 aliphatic carbocycles. The van der Waals surface area contributed by atoms with Crippen LogP contribution >= 0.6 is 0 Å². The number of hydrogen-bond donors (Lipinski definition) is 2. The van der Waals surface area contributed by atoms with Crippen molar-refractivity contribution in [1.82, 2.24) is 14.5 Å². The van der Waals surface area contributed by atoms with Crippen molar-refractivity contribution in [2.45, 2.75) is 44.7 Å². The lowest BCUT2D eigenvalue weighted by molar-refractivity contribution is -0.192. The maximum atomic E-state index is 13.0. The SMILES string of the molecule is Cc1ccc(S(=O)(=O)N(CCC(=O)N2CCNCC2)CCC(C)C)cc1.O=C(O)C(F)(F)F. The minimum absolute atomic E-state index is 0.0279. The van der Waals surface area contributed by atoms with Gasteiger partial charge in [0.05, 0.1) is 4.90 Å². The third-order valence-electron chi connectivity index (χ3n) is 4.90. The summed E-state index contributed by atoms with van der Waals surface area (Å²) in [4.78, 5) is 23.4. The Kier molecular flexibility index (Phi) is 11.3. The number of nitrogens with zero attached hydrogens (tertiary/aromatic N) is 2. The van der Waals surface area contributed by atoms with Gasteiger partial charge in [0.25, 0.3) is 0 Å². The molecule has 8 nitrogen and oxygen atoms in total. The van der Waals surface area contributed by atoms with Crippen molar-refractivity contribution < 1.29 is 36.3 Å². The first-order valence-corrected chi connectivity index (χ1v) is 12.0. The molecule has 12 heteroatoms. The predicted molar refractivity (Wildman–Crippen MR) is 117 cm³/mol. The molecule has 1 amide bonds. The first-order chi connectivity index (χ1) is 15.2. The minimum atomic E-state index is -5.08. The van der Waals surface area contributed by atoms with Crippen LogP contribution in [0, 0.1) is 12.8 Å². The molecule has 1 aliphatic heterocycles. The van der Waals surface area contributed by atoms with Crippen LogP contribution in [0.15, 0.2) is 29.2 Å². The summed E-state index contributed by atoms with van der Waals surface area (Å²) in [6.45, 7) is 9.71. The summed E-state index contributed by atoms with van der Waals surface area (Å²) in [6.07, 6.45) is -4.09. The van der Waals surface area contributed by atoms with Crippen molar-refractivity contribution >= 4 is 21.9 Å². The molecule has 0 radical (unpaired) electrons. The average molecular weight is 496 g/mol. The Labute approximate surface area is 192 Å². The van der Waals surface area contributed by atoms with Crippen LogP contribution in [0.3, 0.4) is 0 Å². The predicted octanol–water partition coefficient (Wildman–Crippen LogP) is 2.49. The van der Waals surface area contributed by atoms with Gasteiger partial charge in [-0.25, -0.2) is 13.2 Å². The highest BCUT2D eigenvalue weighted by Gasteiger charge is 2.38. The van der Waals surface area contributed by atoms with Crippen LogP contribution in [0.25, 0.3) is 0 Å². The third kappa shape index (κ3) is 10.1. The number of amides is 1. The second-order valence-electron chi connectivity index (χ2n) is 8.08. The van der Waals surface area contributed by atoms with Crippen molar-refractivity contribution in [3.8, 4) is 0 Å². The van der Waals surface area contributed by atoms with Crippen LogP contribution in [0.1, 0.15) is 32.3 Å². The van der Waals surface area contributed by atoms with E-state index in [-0.39, 0.29) is 18.9 Å². The van der Waals surface area contributed by atoms with Crippen molar-refractivity contribution in [3.63, 3.8) is 0 Å². The van der Waals surface area contributed by atoms with Gasteiger partial charge in [-0.05, 0) is 31.4 Å². The summed E-state index contributed by atoms with van der Waals surface area (Å²) in [5.74, 6) is -2.33. The van der Waals surface area contributed by atoms with Gasteiger partial charge in [-0.1, -0.05) is 31.5 Å². The van der Waals surface area contributed by atoms with E-state index in [2.05, 4.69) is 19.2 Å². The van der Waals surface area contributed by atoms with Gasteiger partial charge in [-0.3, -0.25) is 4.79 Å². The standard InChI is InChI=1S/C19H31N3O3S.C2HF3O2/c1-16(2)8-12-22(13-9-19(23)21-14-10-20-11-15-21)26(24,25)18-6-4-17(3)5-7-18;3-2(4,5)1(6)7/h4-7,16,20H,8-15H2,1-3H3;(H,6,7). The monoisotopic (exact) mass is 495 g/mol. The molecular weight excluding hydrogens is 463 g/mol. The molecule has 2 N–H and O–H groups in total. The fourth-order valence-electron chi connectivity index (χ4n) is 2.91. The molecule has 0 bridgehead atoms. The summed E-state index contributed by atoms with van der Waals surface area (Å²) in [5, 5.41) is 10.3. The molecule has 0 aromatic heterocycles. The van der Waals surface area contributed by atoms with Crippen molar-refractivity contribution in [1.29, 1.82) is 0 Å². The van der Waals surface area contributed by atoms with Crippen LogP contribution in [-0.4, -0.2) is 80.1 Å². The summed E-state index contributed by atoms with van der Waals surface area (Å²) < 4.78 is 59.3. The van der Waals surface area contributed by atoms with Gasteiger partial charge in [-0.15, -0.1) is 0 Å². The van der Waals surface area contributed by atoms with Crippen LogP contribution in [0.2, 0.25) is 0 Å². The Bertz CT molecular complexity index is 868. The van der Waals surface area contributed by atoms with Crippen LogP contribution in [0.5, 0.6) is 0 Å². The van der Waals surface area contributed by atoms with E-state index >= 15 is 0 Å². The number of aliphatic carboxylic acids is 1. The number of benzene rings is 1. The number of aryl methyl sites for hydroxylation is 1. The maximum absolute atomic E-state index is 13.0. The first-order valence-electron chi connectivity index (χ1n) is 10.6. The number of hydrogen-bond acceptors (Lipinski definition) is 5. The number of carboxylic acids is 1. The molecule has 1 fully saturated rings. The summed E-state index contributed by atoms with van der Waals surface area (Å²) in [6, 6.07) is 6.90. The zero-order chi connectivity index (χ0) is 25.2. The van der Waals surface area contributed by atoms with E-state index in [4.69, 9.17) is 9.90 Å². The Hall–Kier alpha value is -2.18. The van der Waals surface area contributed by atoms with Gasteiger partial charge in [0.2, 0.25) is 15.9 Å². The molecule has 1 aromatic rings. The highest BCUT2D eigenvalue weighted by molar-refractivity contribution is 7.89. The lowest BCUT2D eigenvalue weighted by Gasteiger charge is -2.29. The topological polar surface area (TPSA) is 107 Å². The lowest BCUT2D eigenvalue weighted by Crippen LogP contribution is -2.47. The van der Waals surface area contributed by atoms with Crippen LogP contribution in [0.4, 0.5) is 13.2 Å². The number of carbonyl (C=O) groups is 2. The van der Waals surface area contributed by atoms with E-state index in [9.17, 15) is 26.4 Å². The molecule has 188 valence electrons. The smallest absolute Gasteiger partial charge is 0.475 e. The lowest BCUT2D eigenvalue weighted by atomic mass is 10.1. The normalized spacial score (nSPS) is 14.7. The number of piperazine rings is 1. The molecule has 1 aromatic carbocycles. The average Bonchev–Trinajstić information content (AvgIpc) is 2.73. The van der Waals surface area contributed by atoms with E-state index in [0.717, 1.165) is 25.1 Å². The molecule has 0 unspecified atom stereocenters. The Morgan fingerprint density at radius 1 is 1.12 bits per heavy atom. The molecule has 1 saturated heterocycles. The summed E-state index contributed by atoms with van der Waals surface area (Å²) in [5.41, 5.74) is 1.02. The Balaban J connectivity index is 0.000000675. The van der Waals surface area contributed by atoms with Crippen molar-refractivity contribution in [3.05, 3.63) is 29.8 Å². The van der Waals surface area contributed by atoms with Gasteiger partial charge >= 0.3 is 12.1 Å². The molecule has 0 spiro atoms. The van der Waals surface area contributed by atoms with Crippen molar-refractivity contribution in [2.24, 2.45) is 5.92 Å². The first kappa shape index (κ1) is 28.9. The molecule has 1 aliphatic rings. The second-order valence-corrected chi connectivity index (χ2v) is 10.0. The summed E-state index contributed by atoms with van der Waals surface area (Å²) in [7, 11) is -3.59. The number of carboxylic acid groups (broad SMARTS) is 1. The molecule has 0 atom stereocenters. The fraction of sp³-hybridized carbons (Fsp3) is 0.619. The number of halogens is 3. The molecule has 1 heterocycles. The quantitative estimate of drug-likeness (QED) is 0.574. The highest BCUT2D eigenvalue weighted by atomic mass is 32.2. The number of alkyl halides is 3. The van der Waals surface area contributed by atoms with E-state index in [1.54, 1.807) is 24.3 Å². The zero-order valence-corrected chi connectivity index (χ0v) is 19.9. The van der Waals surface area contributed by atoms with E-state index < -0.39 is 22.2 Å². The van der Waals surface area contributed by atoms with Gasteiger partial charge < -0.3 is 15.3 Å². The molecule has 0 saturated carbocycles. The van der Waals surface area contributed by atoms with Gasteiger partial charge in [0, 0.05) is 45.7 Å². The van der Waals surface area contributed by atoms with Gasteiger partial charge in [0.1, 0.15) is 0 Å². The van der Waals surface area contributed by atoms with E-state index in [0.29, 0.717) is 30.4 Å². The fourth-order valence-corrected chi connectivity index (χ4v) is 4.36. The van der Waals surface area contributed by atoms with Gasteiger partial charge in [0.15, 0.2) is 0 Å². The molecular formula is C21H32F3N3O5S. The van der Waals surface area contributed by atoms with Crippen molar-refractivity contribution in [2.75, 3.05) is 39.3 Å². The largest absolute Gasteiger partial charge is 0.490 e. The molecule has 2 rings (SSSR count). The minimum Gasteiger partial charge on any atom is -0.475 e. The van der Waals surface area contributed by atoms with Gasteiger partial charge in [-0.2, -0.15) is 17.5 Å². The highest BCUT2D eigenvalue weighted by Crippen LogP contribution is 2.19. The summed E-state index contributed by atoms with van der Waals surface area (Å²) >= 11 is 0. The van der Waals surface area contributed by atoms with Crippen LogP contribution < -0.4 is 5.32 Å². The number of carbonyl (C=O) groups excluding carboxylic acids is 1. The number of nitrogens with one attached hydrogen (secondary N) is 1. The third-order valence-corrected chi connectivity index (χ3v) is 6.81. The van der Waals surface area contributed by atoms with E-state index in [1.807, 2.05) is 11.8 Å². The Morgan fingerprint density at radius 2 is 1.64 bits per heavy atom. The van der Waals surface area contributed by atoms with E-state index in [1.165, 1.54) is 4.31 Å². The number of sulfonamides is 1. The Morgan fingerprint density at radius 3 is 2.09 bits per heavy atom. The maximum Gasteiger partial charge on any atom is 0.490 e. The molecule has 33 heavy (non-hydrogen) atoms.